The Balaban J connectivity index is 1.67. The SMILES string of the molecule is C=CCNC(=O)c1ccc(N2CCCC(n3cncn3)C2)nc1. The molecule has 0 bridgehead atoms. The molecule has 1 N–H and O–H groups in total. The van der Waals surface area contributed by atoms with Gasteiger partial charge >= 0.3 is 0 Å². The summed E-state index contributed by atoms with van der Waals surface area (Å²) in [6.45, 7) is 5.84. The van der Waals surface area contributed by atoms with Gasteiger partial charge in [-0.2, -0.15) is 5.10 Å². The summed E-state index contributed by atoms with van der Waals surface area (Å²) in [6, 6.07) is 4.01. The fraction of sp³-hybridized carbons (Fsp3) is 0.375. The minimum absolute atomic E-state index is 0.136. The number of nitrogens with one attached hydrogen (secondary N) is 1. The smallest absolute Gasteiger partial charge is 0.253 e. The van der Waals surface area contributed by atoms with Gasteiger partial charge in [0.25, 0.3) is 5.91 Å². The molecule has 23 heavy (non-hydrogen) atoms. The van der Waals surface area contributed by atoms with E-state index in [1.807, 2.05) is 10.7 Å². The van der Waals surface area contributed by atoms with Crippen LogP contribution < -0.4 is 10.2 Å². The number of amides is 1. The topological polar surface area (TPSA) is 75.9 Å². The van der Waals surface area contributed by atoms with Crippen molar-refractivity contribution in [1.29, 1.82) is 0 Å². The molecule has 0 saturated carbocycles. The van der Waals surface area contributed by atoms with E-state index in [0.717, 1.165) is 31.7 Å². The highest BCUT2D eigenvalue weighted by atomic mass is 16.1. The van der Waals surface area contributed by atoms with Gasteiger partial charge in [0.05, 0.1) is 11.6 Å². The van der Waals surface area contributed by atoms with E-state index in [2.05, 4.69) is 31.9 Å². The molecular weight excluding hydrogens is 292 g/mol. The summed E-state index contributed by atoms with van der Waals surface area (Å²) in [6.07, 6.45) is 8.75. The standard InChI is InChI=1S/C16H20N6O/c1-2-7-18-16(23)13-5-6-15(19-9-13)21-8-3-4-14(10-21)22-12-17-11-20-22/h2,5-6,9,11-12,14H,1,3-4,7-8,10H2,(H,18,23). The Morgan fingerprint density at radius 3 is 3.09 bits per heavy atom. The summed E-state index contributed by atoms with van der Waals surface area (Å²) in [5, 5.41) is 6.98. The highest BCUT2D eigenvalue weighted by Gasteiger charge is 2.22. The number of nitrogens with zero attached hydrogens (tertiary/aromatic N) is 5. The van der Waals surface area contributed by atoms with Gasteiger partial charge in [-0.25, -0.2) is 14.6 Å². The number of carbonyl (C=O) groups excluding carboxylic acids is 1. The normalized spacial score (nSPS) is 17.7. The van der Waals surface area contributed by atoms with Crippen LogP contribution in [0.4, 0.5) is 5.82 Å². The maximum absolute atomic E-state index is 11.9. The van der Waals surface area contributed by atoms with Crippen molar-refractivity contribution in [1.82, 2.24) is 25.1 Å². The summed E-state index contributed by atoms with van der Waals surface area (Å²) in [5.41, 5.74) is 0.556. The Labute approximate surface area is 135 Å². The van der Waals surface area contributed by atoms with Crippen LogP contribution in [0.5, 0.6) is 0 Å². The molecule has 1 fully saturated rings. The van der Waals surface area contributed by atoms with Crippen LogP contribution >= 0.6 is 0 Å². The molecule has 7 heteroatoms. The summed E-state index contributed by atoms with van der Waals surface area (Å²) in [4.78, 5) is 22.5. The number of carbonyl (C=O) groups is 1. The average Bonchev–Trinajstić information content (AvgIpc) is 3.14. The fourth-order valence-electron chi connectivity index (χ4n) is 2.76. The number of anilines is 1. The van der Waals surface area contributed by atoms with E-state index in [-0.39, 0.29) is 5.91 Å². The fourth-order valence-corrected chi connectivity index (χ4v) is 2.76. The van der Waals surface area contributed by atoms with E-state index < -0.39 is 0 Å². The van der Waals surface area contributed by atoms with E-state index in [4.69, 9.17) is 0 Å². The van der Waals surface area contributed by atoms with Gasteiger partial charge in [-0.15, -0.1) is 6.58 Å². The largest absolute Gasteiger partial charge is 0.354 e. The van der Waals surface area contributed by atoms with Gasteiger partial charge < -0.3 is 10.2 Å². The van der Waals surface area contributed by atoms with Gasteiger partial charge in [-0.05, 0) is 25.0 Å². The highest BCUT2D eigenvalue weighted by Crippen LogP contribution is 2.24. The van der Waals surface area contributed by atoms with Crippen molar-refractivity contribution in [3.63, 3.8) is 0 Å². The number of piperidine rings is 1. The van der Waals surface area contributed by atoms with Crippen molar-refractivity contribution in [2.45, 2.75) is 18.9 Å². The average molecular weight is 312 g/mol. The first-order valence-electron chi connectivity index (χ1n) is 7.72. The zero-order valence-corrected chi connectivity index (χ0v) is 12.9. The quantitative estimate of drug-likeness (QED) is 0.845. The molecule has 1 atom stereocenters. The van der Waals surface area contributed by atoms with Gasteiger partial charge in [0.2, 0.25) is 0 Å². The van der Waals surface area contributed by atoms with E-state index in [9.17, 15) is 4.79 Å². The number of hydrogen-bond acceptors (Lipinski definition) is 5. The molecule has 0 aromatic carbocycles. The maximum Gasteiger partial charge on any atom is 0.253 e. The summed E-state index contributed by atoms with van der Waals surface area (Å²) in [7, 11) is 0. The molecular formula is C16H20N6O. The lowest BCUT2D eigenvalue weighted by Crippen LogP contribution is -2.37. The first-order valence-corrected chi connectivity index (χ1v) is 7.72. The van der Waals surface area contributed by atoms with Crippen molar-refractivity contribution in [2.75, 3.05) is 24.5 Å². The van der Waals surface area contributed by atoms with Crippen LogP contribution in [0.3, 0.4) is 0 Å². The monoisotopic (exact) mass is 312 g/mol. The predicted octanol–water partition coefficient (Wildman–Crippen LogP) is 1.43. The second-order valence-electron chi connectivity index (χ2n) is 5.52. The molecule has 7 nitrogen and oxygen atoms in total. The number of rotatable bonds is 5. The zero-order chi connectivity index (χ0) is 16.1. The van der Waals surface area contributed by atoms with Gasteiger partial charge in [-0.1, -0.05) is 6.08 Å². The molecule has 3 heterocycles. The summed E-state index contributed by atoms with van der Waals surface area (Å²) < 4.78 is 1.91. The minimum atomic E-state index is -0.136. The first kappa shape index (κ1) is 15.2. The molecule has 120 valence electrons. The Bertz CT molecular complexity index is 652. The third kappa shape index (κ3) is 3.56. The van der Waals surface area contributed by atoms with Gasteiger partial charge in [0.15, 0.2) is 0 Å². The Morgan fingerprint density at radius 1 is 1.48 bits per heavy atom. The van der Waals surface area contributed by atoms with Gasteiger partial charge in [0.1, 0.15) is 18.5 Å². The lowest BCUT2D eigenvalue weighted by molar-refractivity contribution is 0.0957. The van der Waals surface area contributed by atoms with Crippen molar-refractivity contribution >= 4 is 11.7 Å². The molecule has 1 amide bonds. The Hall–Kier alpha value is -2.70. The molecule has 1 saturated heterocycles. The number of pyridine rings is 1. The van der Waals surface area contributed by atoms with Crippen LogP contribution in [-0.2, 0) is 0 Å². The maximum atomic E-state index is 11.9. The molecule has 2 aromatic heterocycles. The van der Waals surface area contributed by atoms with Gasteiger partial charge in [0, 0.05) is 25.8 Å². The van der Waals surface area contributed by atoms with Crippen molar-refractivity contribution in [3.8, 4) is 0 Å². The molecule has 2 aromatic rings. The van der Waals surface area contributed by atoms with E-state index in [1.165, 1.54) is 0 Å². The summed E-state index contributed by atoms with van der Waals surface area (Å²) in [5.74, 6) is 0.748. The third-order valence-electron chi connectivity index (χ3n) is 3.95. The van der Waals surface area contributed by atoms with Crippen molar-refractivity contribution in [3.05, 3.63) is 49.2 Å². The summed E-state index contributed by atoms with van der Waals surface area (Å²) >= 11 is 0. The second-order valence-corrected chi connectivity index (χ2v) is 5.52. The van der Waals surface area contributed by atoms with Crippen molar-refractivity contribution in [2.24, 2.45) is 0 Å². The lowest BCUT2D eigenvalue weighted by Gasteiger charge is -2.33. The molecule has 1 unspecified atom stereocenters. The highest BCUT2D eigenvalue weighted by molar-refractivity contribution is 5.94. The third-order valence-corrected chi connectivity index (χ3v) is 3.95. The molecule has 3 rings (SSSR count). The lowest BCUT2D eigenvalue weighted by atomic mass is 10.1. The molecule has 0 spiro atoms. The number of hydrogen-bond donors (Lipinski definition) is 1. The van der Waals surface area contributed by atoms with Crippen LogP contribution in [0.15, 0.2) is 43.6 Å². The minimum Gasteiger partial charge on any atom is -0.354 e. The molecule has 1 aliphatic rings. The first-order chi connectivity index (χ1) is 11.3. The van der Waals surface area contributed by atoms with Crippen LogP contribution in [0, 0.1) is 0 Å². The Morgan fingerprint density at radius 2 is 2.39 bits per heavy atom. The van der Waals surface area contributed by atoms with E-state index >= 15 is 0 Å². The van der Waals surface area contributed by atoms with Gasteiger partial charge in [-0.3, -0.25) is 4.79 Å². The molecule has 1 aliphatic heterocycles. The predicted molar refractivity (Wildman–Crippen MR) is 87.3 cm³/mol. The van der Waals surface area contributed by atoms with Crippen molar-refractivity contribution < 1.29 is 4.79 Å². The zero-order valence-electron chi connectivity index (χ0n) is 12.9. The molecule has 0 radical (unpaired) electrons. The van der Waals surface area contributed by atoms with Crippen LogP contribution in [0.1, 0.15) is 29.2 Å². The molecule has 0 aliphatic carbocycles. The van der Waals surface area contributed by atoms with Crippen LogP contribution in [-0.4, -0.2) is 45.3 Å². The number of aromatic nitrogens is 4. The second kappa shape index (κ2) is 7.04. The van der Waals surface area contributed by atoms with Crippen LogP contribution in [0.25, 0.3) is 0 Å². The van der Waals surface area contributed by atoms with Crippen LogP contribution in [0.2, 0.25) is 0 Å². The Kier molecular flexibility index (Phi) is 4.65. The van der Waals surface area contributed by atoms with E-state index in [1.54, 1.807) is 31.0 Å². The van der Waals surface area contributed by atoms with E-state index in [0.29, 0.717) is 18.2 Å².